The van der Waals surface area contributed by atoms with Crippen LogP contribution in [0.15, 0.2) is 12.4 Å². The molecule has 0 unspecified atom stereocenters. The minimum atomic E-state index is -0.0902. The zero-order valence-corrected chi connectivity index (χ0v) is 9.71. The summed E-state index contributed by atoms with van der Waals surface area (Å²) in [6.07, 6.45) is 4.71. The zero-order valence-electron chi connectivity index (χ0n) is 8.96. The van der Waals surface area contributed by atoms with Crippen molar-refractivity contribution >= 4 is 11.6 Å². The first-order chi connectivity index (χ1) is 6.57. The van der Waals surface area contributed by atoms with Gasteiger partial charge in [0.05, 0.1) is 17.7 Å². The lowest BCUT2D eigenvalue weighted by molar-refractivity contribution is 0.0113. The van der Waals surface area contributed by atoms with Gasteiger partial charge >= 0.3 is 0 Å². The molecule has 0 atom stereocenters. The summed E-state index contributed by atoms with van der Waals surface area (Å²) >= 11 is 5.68. The van der Waals surface area contributed by atoms with E-state index in [0.717, 1.165) is 18.5 Å². The Bertz CT molecular complexity index is 283. The molecule has 1 aromatic rings. The van der Waals surface area contributed by atoms with E-state index in [1.54, 1.807) is 13.3 Å². The third kappa shape index (κ3) is 3.31. The highest BCUT2D eigenvalue weighted by atomic mass is 35.5. The predicted molar refractivity (Wildman–Crippen MR) is 57.5 cm³/mol. The highest BCUT2D eigenvalue weighted by Crippen LogP contribution is 2.14. The Kier molecular flexibility index (Phi) is 3.96. The third-order valence-electron chi connectivity index (χ3n) is 2.34. The predicted octanol–water partition coefficient (Wildman–Crippen LogP) is 2.44. The van der Waals surface area contributed by atoms with Crippen LogP contribution in [0.4, 0.5) is 0 Å². The summed E-state index contributed by atoms with van der Waals surface area (Å²) in [6.45, 7) is 5.00. The van der Waals surface area contributed by atoms with Crippen LogP contribution in [-0.4, -0.2) is 22.5 Å². The van der Waals surface area contributed by atoms with E-state index >= 15 is 0 Å². The van der Waals surface area contributed by atoms with Gasteiger partial charge in [0.15, 0.2) is 0 Å². The monoisotopic (exact) mass is 216 g/mol. The van der Waals surface area contributed by atoms with Crippen LogP contribution in [0.25, 0.3) is 0 Å². The number of aryl methyl sites for hydroxylation is 1. The molecule has 0 aliphatic heterocycles. The molecular formula is C10H17ClN2O. The second-order valence-electron chi connectivity index (χ2n) is 3.96. The summed E-state index contributed by atoms with van der Waals surface area (Å²) in [6, 6.07) is 0. The number of hydrogen-bond donors (Lipinski definition) is 0. The lowest BCUT2D eigenvalue weighted by Crippen LogP contribution is -2.24. The summed E-state index contributed by atoms with van der Waals surface area (Å²) in [4.78, 5) is 0. The minimum Gasteiger partial charge on any atom is -0.379 e. The van der Waals surface area contributed by atoms with Crippen LogP contribution in [-0.2, 0) is 17.2 Å². The van der Waals surface area contributed by atoms with Crippen LogP contribution in [0.2, 0.25) is 0 Å². The molecule has 0 saturated heterocycles. The van der Waals surface area contributed by atoms with E-state index in [9.17, 15) is 0 Å². The first-order valence-electron chi connectivity index (χ1n) is 4.70. The molecule has 1 heterocycles. The maximum atomic E-state index is 5.68. The van der Waals surface area contributed by atoms with Gasteiger partial charge in [-0.2, -0.15) is 5.10 Å². The molecule has 3 nitrogen and oxygen atoms in total. The van der Waals surface area contributed by atoms with E-state index in [0.29, 0.717) is 5.88 Å². The third-order valence-corrected chi connectivity index (χ3v) is 2.65. The maximum Gasteiger partial charge on any atom is 0.0640 e. The molecule has 0 spiro atoms. The van der Waals surface area contributed by atoms with E-state index in [4.69, 9.17) is 16.3 Å². The second kappa shape index (κ2) is 4.80. The smallest absolute Gasteiger partial charge is 0.0640 e. The number of hydrogen-bond acceptors (Lipinski definition) is 2. The molecule has 0 radical (unpaired) electrons. The van der Waals surface area contributed by atoms with Gasteiger partial charge in [-0.3, -0.25) is 4.68 Å². The number of methoxy groups -OCH3 is 1. The van der Waals surface area contributed by atoms with E-state index in [-0.39, 0.29) is 5.60 Å². The van der Waals surface area contributed by atoms with Crippen molar-refractivity contribution in [3.05, 3.63) is 18.0 Å². The summed E-state index contributed by atoms with van der Waals surface area (Å²) in [5.74, 6) is 0.521. The molecule has 80 valence electrons. The second-order valence-corrected chi connectivity index (χ2v) is 4.23. The largest absolute Gasteiger partial charge is 0.379 e. The van der Waals surface area contributed by atoms with Gasteiger partial charge in [-0.1, -0.05) is 0 Å². The first-order valence-corrected chi connectivity index (χ1v) is 5.23. The van der Waals surface area contributed by atoms with Gasteiger partial charge in [0.25, 0.3) is 0 Å². The standard InChI is InChI=1S/C10H17ClN2O/c1-10(2,14-3)4-5-13-8-9(6-11)7-12-13/h7-8H,4-6H2,1-3H3. The molecule has 0 N–H and O–H groups in total. The van der Waals surface area contributed by atoms with Gasteiger partial charge in [0, 0.05) is 25.4 Å². The van der Waals surface area contributed by atoms with Crippen molar-refractivity contribution < 1.29 is 4.74 Å². The molecule has 0 aliphatic carbocycles. The molecule has 14 heavy (non-hydrogen) atoms. The quantitative estimate of drug-likeness (QED) is 0.707. The summed E-state index contributed by atoms with van der Waals surface area (Å²) in [5.41, 5.74) is 0.967. The highest BCUT2D eigenvalue weighted by Gasteiger charge is 2.15. The molecule has 0 amide bonds. The fourth-order valence-electron chi connectivity index (χ4n) is 1.08. The molecule has 0 aliphatic rings. The number of ether oxygens (including phenoxy) is 1. The number of rotatable bonds is 5. The number of halogens is 1. The van der Waals surface area contributed by atoms with Crippen LogP contribution < -0.4 is 0 Å². The molecule has 1 rings (SSSR count). The molecule has 0 aromatic carbocycles. The van der Waals surface area contributed by atoms with Crippen LogP contribution in [0, 0.1) is 0 Å². The average molecular weight is 217 g/mol. The van der Waals surface area contributed by atoms with Gasteiger partial charge < -0.3 is 4.74 Å². The summed E-state index contributed by atoms with van der Waals surface area (Å²) in [5, 5.41) is 4.20. The Labute approximate surface area is 90.0 Å². The first kappa shape index (κ1) is 11.5. The van der Waals surface area contributed by atoms with Crippen molar-refractivity contribution in [3.8, 4) is 0 Å². The van der Waals surface area contributed by atoms with E-state index in [1.165, 1.54) is 0 Å². The van der Waals surface area contributed by atoms with Crippen LogP contribution >= 0.6 is 11.6 Å². The highest BCUT2D eigenvalue weighted by molar-refractivity contribution is 6.17. The molecule has 0 fully saturated rings. The van der Waals surface area contributed by atoms with Crippen LogP contribution in [0.5, 0.6) is 0 Å². The van der Waals surface area contributed by atoms with Gasteiger partial charge in [0.1, 0.15) is 0 Å². The van der Waals surface area contributed by atoms with Crippen LogP contribution in [0.1, 0.15) is 25.8 Å². The molecule has 4 heteroatoms. The van der Waals surface area contributed by atoms with E-state index in [1.807, 2.05) is 10.9 Å². The van der Waals surface area contributed by atoms with Gasteiger partial charge in [-0.15, -0.1) is 11.6 Å². The summed E-state index contributed by atoms with van der Waals surface area (Å²) < 4.78 is 7.23. The Morgan fingerprint density at radius 1 is 1.57 bits per heavy atom. The Hall–Kier alpha value is -0.540. The maximum absolute atomic E-state index is 5.68. The SMILES string of the molecule is COC(C)(C)CCn1cc(CCl)cn1. The van der Waals surface area contributed by atoms with Gasteiger partial charge in [-0.05, 0) is 20.3 Å². The number of aromatic nitrogens is 2. The Morgan fingerprint density at radius 3 is 2.79 bits per heavy atom. The van der Waals surface area contributed by atoms with Crippen molar-refractivity contribution in [2.75, 3.05) is 7.11 Å². The Morgan fingerprint density at radius 2 is 2.29 bits per heavy atom. The summed E-state index contributed by atoms with van der Waals surface area (Å²) in [7, 11) is 1.73. The molecule has 1 aromatic heterocycles. The lowest BCUT2D eigenvalue weighted by atomic mass is 10.1. The van der Waals surface area contributed by atoms with E-state index in [2.05, 4.69) is 18.9 Å². The van der Waals surface area contributed by atoms with Crippen molar-refractivity contribution in [2.24, 2.45) is 0 Å². The van der Waals surface area contributed by atoms with Gasteiger partial charge in [-0.25, -0.2) is 0 Å². The fraction of sp³-hybridized carbons (Fsp3) is 0.700. The van der Waals surface area contributed by atoms with Crippen LogP contribution in [0.3, 0.4) is 0 Å². The minimum absolute atomic E-state index is 0.0902. The van der Waals surface area contributed by atoms with Crippen molar-refractivity contribution in [3.63, 3.8) is 0 Å². The number of alkyl halides is 1. The van der Waals surface area contributed by atoms with Crippen molar-refractivity contribution in [1.29, 1.82) is 0 Å². The average Bonchev–Trinajstić information content (AvgIpc) is 2.63. The Balaban J connectivity index is 2.45. The number of nitrogens with zero attached hydrogens (tertiary/aromatic N) is 2. The molecular weight excluding hydrogens is 200 g/mol. The molecule has 0 saturated carbocycles. The molecule has 0 bridgehead atoms. The fourth-order valence-corrected chi connectivity index (χ4v) is 1.22. The van der Waals surface area contributed by atoms with Crippen molar-refractivity contribution in [1.82, 2.24) is 9.78 Å². The topological polar surface area (TPSA) is 27.1 Å². The zero-order chi connectivity index (χ0) is 10.6. The normalized spacial score (nSPS) is 12.0. The van der Waals surface area contributed by atoms with E-state index < -0.39 is 0 Å². The van der Waals surface area contributed by atoms with Gasteiger partial charge in [0.2, 0.25) is 0 Å². The van der Waals surface area contributed by atoms with Crippen molar-refractivity contribution in [2.45, 2.75) is 38.3 Å². The lowest BCUT2D eigenvalue weighted by Gasteiger charge is -2.22.